The maximum atomic E-state index is 11.0. The molecule has 1 aliphatic heterocycles. The molecule has 1 aliphatic rings. The van der Waals surface area contributed by atoms with E-state index < -0.39 is 6.09 Å². The number of carboxylic acid groups (broad SMARTS) is 1. The van der Waals surface area contributed by atoms with E-state index in [1.807, 2.05) is 11.0 Å². The second kappa shape index (κ2) is 5.33. The Balaban J connectivity index is 1.93. The SMILES string of the molecule is CN(C(=O)O)C1CCN(c2nc(Cl)nc3cccnc23)C1. The molecule has 8 heteroatoms. The summed E-state index contributed by atoms with van der Waals surface area (Å²) >= 11 is 5.97. The number of halogens is 1. The van der Waals surface area contributed by atoms with Crippen molar-refractivity contribution < 1.29 is 9.90 Å². The van der Waals surface area contributed by atoms with Crippen LogP contribution in [0.3, 0.4) is 0 Å². The molecule has 3 heterocycles. The number of hydrogen-bond donors (Lipinski definition) is 1. The second-order valence-electron chi connectivity index (χ2n) is 4.97. The molecule has 110 valence electrons. The molecule has 0 spiro atoms. The third-order valence-electron chi connectivity index (χ3n) is 3.72. The van der Waals surface area contributed by atoms with Gasteiger partial charge in [0.25, 0.3) is 0 Å². The van der Waals surface area contributed by atoms with Crippen molar-refractivity contribution in [1.29, 1.82) is 0 Å². The van der Waals surface area contributed by atoms with Crippen LogP contribution in [-0.2, 0) is 0 Å². The Morgan fingerprint density at radius 3 is 3.10 bits per heavy atom. The highest BCUT2D eigenvalue weighted by Crippen LogP contribution is 2.27. The van der Waals surface area contributed by atoms with Crippen LogP contribution >= 0.6 is 11.6 Å². The first-order valence-electron chi connectivity index (χ1n) is 6.55. The summed E-state index contributed by atoms with van der Waals surface area (Å²) in [7, 11) is 1.58. The lowest BCUT2D eigenvalue weighted by Gasteiger charge is -2.22. The third-order valence-corrected chi connectivity index (χ3v) is 3.89. The van der Waals surface area contributed by atoms with Gasteiger partial charge in [0.15, 0.2) is 5.82 Å². The molecule has 2 aromatic heterocycles. The number of pyridine rings is 1. The highest BCUT2D eigenvalue weighted by atomic mass is 35.5. The molecule has 1 amide bonds. The van der Waals surface area contributed by atoms with E-state index in [1.54, 1.807) is 19.3 Å². The molecule has 0 bridgehead atoms. The van der Waals surface area contributed by atoms with Gasteiger partial charge in [-0.15, -0.1) is 0 Å². The maximum Gasteiger partial charge on any atom is 0.407 e. The first-order valence-corrected chi connectivity index (χ1v) is 6.93. The Kier molecular flexibility index (Phi) is 3.50. The van der Waals surface area contributed by atoms with Crippen molar-refractivity contribution in [3.63, 3.8) is 0 Å². The molecule has 0 saturated carbocycles. The summed E-state index contributed by atoms with van der Waals surface area (Å²) in [5, 5.41) is 9.23. The number of anilines is 1. The summed E-state index contributed by atoms with van der Waals surface area (Å²) in [4.78, 5) is 27.1. The van der Waals surface area contributed by atoms with Gasteiger partial charge in [0, 0.05) is 26.3 Å². The number of hydrogen-bond acceptors (Lipinski definition) is 5. The number of nitrogens with zero attached hydrogens (tertiary/aromatic N) is 5. The fraction of sp³-hybridized carbons (Fsp3) is 0.385. The van der Waals surface area contributed by atoms with Crippen molar-refractivity contribution in [2.45, 2.75) is 12.5 Å². The molecule has 3 rings (SSSR count). The molecule has 1 saturated heterocycles. The van der Waals surface area contributed by atoms with Crippen LogP contribution in [0.4, 0.5) is 10.6 Å². The van der Waals surface area contributed by atoms with Crippen molar-refractivity contribution in [1.82, 2.24) is 19.9 Å². The molecule has 1 unspecified atom stereocenters. The van der Waals surface area contributed by atoms with E-state index in [0.717, 1.165) is 6.42 Å². The van der Waals surface area contributed by atoms with Crippen LogP contribution in [0.25, 0.3) is 11.0 Å². The smallest absolute Gasteiger partial charge is 0.407 e. The second-order valence-corrected chi connectivity index (χ2v) is 5.31. The van der Waals surface area contributed by atoms with Crippen LogP contribution in [0.15, 0.2) is 18.3 Å². The van der Waals surface area contributed by atoms with Gasteiger partial charge in [0.2, 0.25) is 5.28 Å². The van der Waals surface area contributed by atoms with Crippen LogP contribution in [-0.4, -0.2) is 57.2 Å². The normalized spacial score (nSPS) is 18.2. The van der Waals surface area contributed by atoms with Crippen molar-refractivity contribution in [2.75, 3.05) is 25.0 Å². The number of carbonyl (C=O) groups is 1. The van der Waals surface area contributed by atoms with Gasteiger partial charge in [-0.05, 0) is 30.2 Å². The molecule has 0 radical (unpaired) electrons. The molecule has 7 nitrogen and oxygen atoms in total. The zero-order valence-corrected chi connectivity index (χ0v) is 12.2. The molecular weight excluding hydrogens is 294 g/mol. The van der Waals surface area contributed by atoms with Crippen LogP contribution in [0.1, 0.15) is 6.42 Å². The van der Waals surface area contributed by atoms with Gasteiger partial charge in [-0.3, -0.25) is 4.98 Å². The quantitative estimate of drug-likeness (QED) is 0.853. The lowest BCUT2D eigenvalue weighted by molar-refractivity contribution is 0.142. The van der Waals surface area contributed by atoms with E-state index in [9.17, 15) is 4.79 Å². The fourth-order valence-electron chi connectivity index (χ4n) is 2.55. The van der Waals surface area contributed by atoms with Gasteiger partial charge in [-0.25, -0.2) is 9.78 Å². The van der Waals surface area contributed by atoms with E-state index in [1.165, 1.54) is 4.90 Å². The average molecular weight is 308 g/mol. The predicted molar refractivity (Wildman–Crippen MR) is 78.7 cm³/mol. The first kappa shape index (κ1) is 13.8. The Morgan fingerprint density at radius 1 is 1.52 bits per heavy atom. The lowest BCUT2D eigenvalue weighted by Crippen LogP contribution is -2.38. The monoisotopic (exact) mass is 307 g/mol. The summed E-state index contributed by atoms with van der Waals surface area (Å²) in [5.41, 5.74) is 1.36. The van der Waals surface area contributed by atoms with E-state index in [2.05, 4.69) is 15.0 Å². The van der Waals surface area contributed by atoms with Crippen LogP contribution in [0, 0.1) is 0 Å². The van der Waals surface area contributed by atoms with Crippen molar-refractivity contribution >= 4 is 34.5 Å². The molecule has 1 N–H and O–H groups in total. The fourth-order valence-corrected chi connectivity index (χ4v) is 2.72. The van der Waals surface area contributed by atoms with Gasteiger partial charge in [-0.2, -0.15) is 4.98 Å². The Bertz CT molecular complexity index is 695. The van der Waals surface area contributed by atoms with E-state index >= 15 is 0 Å². The van der Waals surface area contributed by atoms with E-state index in [0.29, 0.717) is 29.9 Å². The number of amides is 1. The minimum atomic E-state index is -0.925. The summed E-state index contributed by atoms with van der Waals surface area (Å²) in [6.45, 7) is 1.28. The highest BCUT2D eigenvalue weighted by molar-refractivity contribution is 6.28. The molecule has 1 fully saturated rings. The summed E-state index contributed by atoms with van der Waals surface area (Å²) in [6, 6.07) is 3.56. The van der Waals surface area contributed by atoms with Crippen molar-refractivity contribution in [3.8, 4) is 0 Å². The van der Waals surface area contributed by atoms with Crippen molar-refractivity contribution in [3.05, 3.63) is 23.6 Å². The largest absolute Gasteiger partial charge is 0.465 e. The first-order chi connectivity index (χ1) is 10.1. The number of aromatic nitrogens is 3. The number of rotatable bonds is 2. The zero-order chi connectivity index (χ0) is 15.0. The summed E-state index contributed by atoms with van der Waals surface area (Å²) in [6.07, 6.45) is 1.50. The minimum absolute atomic E-state index is 0.0602. The Hall–Kier alpha value is -2.15. The van der Waals surface area contributed by atoms with Crippen molar-refractivity contribution in [2.24, 2.45) is 0 Å². The topological polar surface area (TPSA) is 82.5 Å². The molecule has 0 aromatic carbocycles. The highest BCUT2D eigenvalue weighted by Gasteiger charge is 2.30. The molecule has 21 heavy (non-hydrogen) atoms. The maximum absolute atomic E-state index is 11.0. The van der Waals surface area contributed by atoms with E-state index in [4.69, 9.17) is 16.7 Å². The van der Waals surface area contributed by atoms with Gasteiger partial charge in [0.1, 0.15) is 5.52 Å². The third kappa shape index (κ3) is 2.56. The average Bonchev–Trinajstić information content (AvgIpc) is 2.94. The lowest BCUT2D eigenvalue weighted by atomic mass is 10.2. The van der Waals surface area contributed by atoms with Crippen LogP contribution < -0.4 is 4.90 Å². The molecule has 2 aromatic rings. The van der Waals surface area contributed by atoms with Gasteiger partial charge < -0.3 is 14.9 Å². The van der Waals surface area contributed by atoms with Gasteiger partial charge >= 0.3 is 6.09 Å². The van der Waals surface area contributed by atoms with Crippen LogP contribution in [0.2, 0.25) is 5.28 Å². The van der Waals surface area contributed by atoms with Crippen LogP contribution in [0.5, 0.6) is 0 Å². The number of fused-ring (bicyclic) bond motifs is 1. The minimum Gasteiger partial charge on any atom is -0.465 e. The molecular formula is C13H14ClN5O2. The predicted octanol–water partition coefficient (Wildman–Crippen LogP) is 1.87. The van der Waals surface area contributed by atoms with E-state index in [-0.39, 0.29) is 11.3 Å². The Labute approximate surface area is 126 Å². The molecule has 0 aliphatic carbocycles. The standard InChI is InChI=1S/C13H14ClN5O2/c1-18(13(20)21)8-4-6-19(7-8)11-10-9(3-2-5-15-10)16-12(14)17-11/h2-3,5,8H,4,6-7H2,1H3,(H,20,21). The summed E-state index contributed by atoms with van der Waals surface area (Å²) in [5.74, 6) is 0.659. The number of likely N-dealkylation sites (N-methyl/N-ethyl adjacent to an activating group) is 1. The van der Waals surface area contributed by atoms with Gasteiger partial charge in [0.05, 0.1) is 11.6 Å². The molecule has 1 atom stereocenters. The van der Waals surface area contributed by atoms with Gasteiger partial charge in [-0.1, -0.05) is 0 Å². The zero-order valence-electron chi connectivity index (χ0n) is 11.4. The Morgan fingerprint density at radius 2 is 2.33 bits per heavy atom. The summed E-state index contributed by atoms with van der Waals surface area (Å²) < 4.78 is 0.